The van der Waals surface area contributed by atoms with E-state index in [1.807, 2.05) is 0 Å². The van der Waals surface area contributed by atoms with Gasteiger partial charge in [0.1, 0.15) is 17.5 Å². The van der Waals surface area contributed by atoms with Crippen LogP contribution in [0.2, 0.25) is 5.02 Å². The van der Waals surface area contributed by atoms with Crippen LogP contribution in [0.5, 0.6) is 0 Å². The van der Waals surface area contributed by atoms with Gasteiger partial charge in [-0.1, -0.05) is 11.6 Å². The summed E-state index contributed by atoms with van der Waals surface area (Å²) in [5.74, 6) is 0. The highest BCUT2D eigenvalue weighted by Gasteiger charge is 2.30. The molecule has 1 aliphatic heterocycles. The lowest BCUT2D eigenvalue weighted by atomic mass is 10.2. The van der Waals surface area contributed by atoms with Crippen LogP contribution in [0.15, 0.2) is 12.4 Å². The number of piperazine rings is 1. The maximum Gasteiger partial charge on any atom is 0.410 e. The molecule has 126 valence electrons. The number of amides is 1. The van der Waals surface area contributed by atoms with Gasteiger partial charge in [0.2, 0.25) is 0 Å². The predicted molar refractivity (Wildman–Crippen MR) is 85.9 cm³/mol. The first-order valence-corrected chi connectivity index (χ1v) is 7.57. The van der Waals surface area contributed by atoms with E-state index in [1.54, 1.807) is 30.6 Å². The number of hydrogen-bond acceptors (Lipinski definition) is 6. The Balaban J connectivity index is 2.08. The second-order valence-corrected chi connectivity index (χ2v) is 6.61. The number of nitro groups is 1. The van der Waals surface area contributed by atoms with Gasteiger partial charge in [0, 0.05) is 32.4 Å². The molecule has 0 bridgehead atoms. The minimum atomic E-state index is -0.554. The van der Waals surface area contributed by atoms with E-state index in [4.69, 9.17) is 16.3 Å². The van der Waals surface area contributed by atoms with E-state index < -0.39 is 10.5 Å². The Morgan fingerprint density at radius 1 is 1.30 bits per heavy atom. The van der Waals surface area contributed by atoms with E-state index in [1.165, 1.54) is 12.4 Å². The second-order valence-electron chi connectivity index (χ2n) is 6.20. The minimum absolute atomic E-state index is 0.136. The van der Waals surface area contributed by atoms with E-state index in [9.17, 15) is 14.9 Å². The number of pyridine rings is 1. The van der Waals surface area contributed by atoms with Crippen LogP contribution in [0.1, 0.15) is 20.8 Å². The second kappa shape index (κ2) is 6.57. The summed E-state index contributed by atoms with van der Waals surface area (Å²) >= 11 is 6.08. The molecule has 2 heterocycles. The Morgan fingerprint density at radius 3 is 2.43 bits per heavy atom. The molecule has 1 saturated heterocycles. The maximum atomic E-state index is 12.0. The van der Waals surface area contributed by atoms with E-state index >= 15 is 0 Å². The smallest absolute Gasteiger partial charge is 0.410 e. The standard InChI is InChI=1S/C14H19ClN4O4/c1-14(2,3)23-13(20)18-6-4-17(5-7-18)12-10(15)8-16-9-11(12)19(21)22/h8-9H,4-7H2,1-3H3. The molecule has 1 fully saturated rings. The number of anilines is 1. The molecule has 0 spiro atoms. The van der Waals surface area contributed by atoms with E-state index in [-0.39, 0.29) is 16.8 Å². The normalized spacial score (nSPS) is 15.5. The van der Waals surface area contributed by atoms with Crippen molar-refractivity contribution < 1.29 is 14.5 Å². The quantitative estimate of drug-likeness (QED) is 0.606. The minimum Gasteiger partial charge on any atom is -0.444 e. The summed E-state index contributed by atoms with van der Waals surface area (Å²) in [5, 5.41) is 11.4. The lowest BCUT2D eigenvalue weighted by molar-refractivity contribution is -0.384. The van der Waals surface area contributed by atoms with E-state index in [2.05, 4.69) is 4.98 Å². The van der Waals surface area contributed by atoms with Crippen molar-refractivity contribution in [3.8, 4) is 0 Å². The molecule has 9 heteroatoms. The highest BCUT2D eigenvalue weighted by molar-refractivity contribution is 6.33. The molecule has 0 radical (unpaired) electrons. The van der Waals surface area contributed by atoms with Gasteiger partial charge >= 0.3 is 11.8 Å². The van der Waals surface area contributed by atoms with Gasteiger partial charge < -0.3 is 14.5 Å². The molecule has 8 nitrogen and oxygen atoms in total. The number of nitrogens with zero attached hydrogens (tertiary/aromatic N) is 4. The van der Waals surface area contributed by atoms with E-state index in [0.29, 0.717) is 31.9 Å². The van der Waals surface area contributed by atoms with Crippen LogP contribution >= 0.6 is 11.6 Å². The number of carbonyl (C=O) groups excluding carboxylic acids is 1. The molecule has 23 heavy (non-hydrogen) atoms. The number of carbonyl (C=O) groups is 1. The fourth-order valence-electron chi connectivity index (χ4n) is 2.30. The Kier molecular flexibility index (Phi) is 4.93. The lowest BCUT2D eigenvalue weighted by Gasteiger charge is -2.36. The topological polar surface area (TPSA) is 88.8 Å². The number of halogens is 1. The van der Waals surface area contributed by atoms with Gasteiger partial charge in [-0.3, -0.25) is 15.1 Å². The average Bonchev–Trinajstić information content (AvgIpc) is 2.45. The summed E-state index contributed by atoms with van der Waals surface area (Å²) in [5.41, 5.74) is -0.347. The molecule has 0 aliphatic carbocycles. The highest BCUT2D eigenvalue weighted by Crippen LogP contribution is 2.34. The zero-order chi connectivity index (χ0) is 17.2. The van der Waals surface area contributed by atoms with Crippen molar-refractivity contribution in [1.29, 1.82) is 0 Å². The summed E-state index contributed by atoms with van der Waals surface area (Å²) in [6.45, 7) is 7.10. The monoisotopic (exact) mass is 342 g/mol. The van der Waals surface area contributed by atoms with Gasteiger partial charge in [-0.05, 0) is 20.8 Å². The highest BCUT2D eigenvalue weighted by atomic mass is 35.5. The fourth-order valence-corrected chi connectivity index (χ4v) is 2.58. The van der Waals surface area contributed by atoms with Crippen LogP contribution < -0.4 is 4.90 Å². The zero-order valence-electron chi connectivity index (χ0n) is 13.3. The molecular formula is C14H19ClN4O4. The number of aromatic nitrogens is 1. The van der Waals surface area contributed by atoms with Crippen LogP contribution in [-0.2, 0) is 4.74 Å². The molecule has 0 atom stereocenters. The fraction of sp³-hybridized carbons (Fsp3) is 0.571. The summed E-state index contributed by atoms with van der Waals surface area (Å²) in [6.07, 6.45) is 2.18. The summed E-state index contributed by atoms with van der Waals surface area (Å²) < 4.78 is 5.33. The van der Waals surface area contributed by atoms with Crippen molar-refractivity contribution in [2.24, 2.45) is 0 Å². The number of ether oxygens (including phenoxy) is 1. The maximum absolute atomic E-state index is 12.0. The van der Waals surface area contributed by atoms with Crippen molar-refractivity contribution >= 4 is 29.1 Å². The van der Waals surface area contributed by atoms with Crippen LogP contribution in [0.3, 0.4) is 0 Å². The van der Waals surface area contributed by atoms with Crippen LogP contribution in [0, 0.1) is 10.1 Å². The number of rotatable bonds is 2. The molecule has 1 aromatic heterocycles. The van der Waals surface area contributed by atoms with Gasteiger partial charge in [-0.2, -0.15) is 0 Å². The van der Waals surface area contributed by atoms with Gasteiger partial charge in [0.15, 0.2) is 0 Å². The molecule has 2 rings (SSSR count). The molecule has 0 saturated carbocycles. The van der Waals surface area contributed by atoms with Crippen molar-refractivity contribution in [2.75, 3.05) is 31.1 Å². The molecule has 0 unspecified atom stereocenters. The van der Waals surface area contributed by atoms with E-state index in [0.717, 1.165) is 0 Å². The third kappa shape index (κ3) is 4.22. The Labute approximate surface area is 139 Å². The van der Waals surface area contributed by atoms with Gasteiger partial charge in [0.05, 0.1) is 9.95 Å². The van der Waals surface area contributed by atoms with Crippen LogP contribution in [-0.4, -0.2) is 52.7 Å². The summed E-state index contributed by atoms with van der Waals surface area (Å²) in [6, 6.07) is 0. The van der Waals surface area contributed by atoms with Crippen molar-refractivity contribution in [1.82, 2.24) is 9.88 Å². The summed E-state index contributed by atoms with van der Waals surface area (Å²) in [7, 11) is 0. The molecule has 0 aromatic carbocycles. The Morgan fingerprint density at radius 2 is 1.91 bits per heavy atom. The molecule has 1 aromatic rings. The SMILES string of the molecule is CC(C)(C)OC(=O)N1CCN(c2c(Cl)cncc2[N+](=O)[O-])CC1. The van der Waals surface area contributed by atoms with Gasteiger partial charge in [0.25, 0.3) is 0 Å². The van der Waals surface area contributed by atoms with Gasteiger partial charge in [-0.25, -0.2) is 4.79 Å². The van der Waals surface area contributed by atoms with Crippen molar-refractivity contribution in [3.63, 3.8) is 0 Å². The first kappa shape index (κ1) is 17.3. The first-order chi connectivity index (χ1) is 10.7. The predicted octanol–water partition coefficient (Wildman–Crippen LogP) is 2.70. The summed E-state index contributed by atoms with van der Waals surface area (Å²) in [4.78, 5) is 29.8. The number of hydrogen-bond donors (Lipinski definition) is 0. The van der Waals surface area contributed by atoms with Crippen LogP contribution in [0.25, 0.3) is 0 Å². The molecule has 1 aliphatic rings. The van der Waals surface area contributed by atoms with Crippen molar-refractivity contribution in [3.05, 3.63) is 27.5 Å². The van der Waals surface area contributed by atoms with Crippen molar-refractivity contribution in [2.45, 2.75) is 26.4 Å². The molecule has 1 amide bonds. The Hall–Kier alpha value is -2.09. The Bertz CT molecular complexity index is 609. The zero-order valence-corrected chi connectivity index (χ0v) is 14.0. The molecular weight excluding hydrogens is 324 g/mol. The van der Waals surface area contributed by atoms with Gasteiger partial charge in [-0.15, -0.1) is 0 Å². The largest absolute Gasteiger partial charge is 0.444 e. The molecule has 0 N–H and O–H groups in total. The lowest BCUT2D eigenvalue weighted by Crippen LogP contribution is -2.50. The average molecular weight is 343 g/mol. The third-order valence-electron chi connectivity index (χ3n) is 3.30. The first-order valence-electron chi connectivity index (χ1n) is 7.20. The third-order valence-corrected chi connectivity index (χ3v) is 3.57. The van der Waals surface area contributed by atoms with Crippen LogP contribution in [0.4, 0.5) is 16.2 Å².